The zero-order valence-corrected chi connectivity index (χ0v) is 24.4. The first-order chi connectivity index (χ1) is 20.2. The van der Waals surface area contributed by atoms with Crippen LogP contribution in [0.1, 0.15) is 44.1 Å². The van der Waals surface area contributed by atoms with Gasteiger partial charge < -0.3 is 0 Å². The normalized spacial score (nSPS) is 23.6. The molecule has 1 heterocycles. The highest BCUT2D eigenvalue weighted by atomic mass is 35.5. The molecule has 0 spiro atoms. The lowest BCUT2D eigenvalue weighted by Gasteiger charge is -2.52. The molecule has 1 N–H and O–H groups in total. The number of anilines is 1. The van der Waals surface area contributed by atoms with Crippen LogP contribution in [0.25, 0.3) is 0 Å². The maximum atomic E-state index is 14.4. The van der Waals surface area contributed by atoms with Crippen LogP contribution < -0.4 is 10.3 Å². The van der Waals surface area contributed by atoms with Crippen molar-refractivity contribution in [3.05, 3.63) is 133 Å². The predicted octanol–water partition coefficient (Wildman–Crippen LogP) is 6.92. The summed E-state index contributed by atoms with van der Waals surface area (Å²) in [7, 11) is 0. The van der Waals surface area contributed by atoms with E-state index in [4.69, 9.17) is 34.8 Å². The van der Waals surface area contributed by atoms with E-state index in [1.165, 1.54) is 17.0 Å². The summed E-state index contributed by atoms with van der Waals surface area (Å²) in [5.41, 5.74) is 6.61. The minimum Gasteiger partial charge on any atom is -0.274 e. The molecule has 9 heteroatoms. The van der Waals surface area contributed by atoms with Crippen molar-refractivity contribution in [1.29, 1.82) is 0 Å². The maximum Gasteiger partial charge on any atom is 0.272 e. The molecule has 3 aliphatic carbocycles. The third-order valence-corrected chi connectivity index (χ3v) is 9.66. The zero-order chi connectivity index (χ0) is 29.3. The SMILES string of the molecule is Cc1ccc(N2C(=O)[C@@H]3C4c5ccccc5C(/C=N\NC(=O)c5ccc(Cl)cc5Cl)(c5ccccc54)[C@@H]3C2=O)cc1Cl. The molecule has 3 amide bonds. The number of imide groups is 1. The molecule has 0 radical (unpaired) electrons. The molecule has 4 aliphatic rings. The first-order valence-corrected chi connectivity index (χ1v) is 14.5. The number of carbonyl (C=O) groups is 3. The van der Waals surface area contributed by atoms with E-state index in [1.807, 2.05) is 55.5 Å². The number of halogens is 3. The van der Waals surface area contributed by atoms with Gasteiger partial charge in [-0.1, -0.05) is 89.4 Å². The van der Waals surface area contributed by atoms with E-state index < -0.39 is 23.2 Å². The van der Waals surface area contributed by atoms with Crippen molar-refractivity contribution in [2.24, 2.45) is 16.9 Å². The number of amides is 3. The third kappa shape index (κ3) is 3.72. The fourth-order valence-electron chi connectivity index (χ4n) is 6.95. The summed E-state index contributed by atoms with van der Waals surface area (Å²) < 4.78 is 0. The lowest BCUT2D eigenvalue weighted by Crippen LogP contribution is -2.54. The molecule has 0 aromatic heterocycles. The highest BCUT2D eigenvalue weighted by Crippen LogP contribution is 2.63. The molecular weight excluding hydrogens is 593 g/mol. The summed E-state index contributed by atoms with van der Waals surface area (Å²) in [6.45, 7) is 1.87. The average molecular weight is 615 g/mol. The summed E-state index contributed by atoms with van der Waals surface area (Å²) in [6.07, 6.45) is 1.61. The topological polar surface area (TPSA) is 78.8 Å². The van der Waals surface area contributed by atoms with Gasteiger partial charge in [0.15, 0.2) is 0 Å². The van der Waals surface area contributed by atoms with Crippen LogP contribution in [0.3, 0.4) is 0 Å². The number of nitrogens with one attached hydrogen (secondary N) is 1. The van der Waals surface area contributed by atoms with Gasteiger partial charge in [-0.25, -0.2) is 10.3 Å². The number of benzene rings is 4. The molecule has 0 unspecified atom stereocenters. The van der Waals surface area contributed by atoms with Gasteiger partial charge in [-0.3, -0.25) is 14.4 Å². The minimum atomic E-state index is -1.13. The Hall–Kier alpha value is -3.97. The van der Waals surface area contributed by atoms with Crippen molar-refractivity contribution in [1.82, 2.24) is 5.43 Å². The van der Waals surface area contributed by atoms with Crippen LogP contribution in [-0.4, -0.2) is 23.9 Å². The molecule has 42 heavy (non-hydrogen) atoms. The van der Waals surface area contributed by atoms with E-state index in [0.29, 0.717) is 15.7 Å². The van der Waals surface area contributed by atoms with Gasteiger partial charge in [0.2, 0.25) is 11.8 Å². The second kappa shape index (κ2) is 9.80. The second-order valence-corrected chi connectivity index (χ2v) is 12.0. The predicted molar refractivity (Wildman–Crippen MR) is 164 cm³/mol. The van der Waals surface area contributed by atoms with Gasteiger partial charge in [-0.15, -0.1) is 0 Å². The Morgan fingerprint density at radius 2 is 1.52 bits per heavy atom. The Labute approximate surface area is 256 Å². The highest BCUT2D eigenvalue weighted by molar-refractivity contribution is 6.36. The Kier molecular flexibility index (Phi) is 6.28. The third-order valence-electron chi connectivity index (χ3n) is 8.71. The van der Waals surface area contributed by atoms with Crippen molar-refractivity contribution in [2.45, 2.75) is 18.3 Å². The van der Waals surface area contributed by atoms with E-state index in [2.05, 4.69) is 10.5 Å². The van der Waals surface area contributed by atoms with Crippen LogP contribution >= 0.6 is 34.8 Å². The lowest BCUT2D eigenvalue weighted by atomic mass is 9.47. The van der Waals surface area contributed by atoms with Crippen LogP contribution in [0.15, 0.2) is 90.0 Å². The molecule has 4 aromatic rings. The molecule has 2 atom stereocenters. The van der Waals surface area contributed by atoms with Gasteiger partial charge in [-0.2, -0.15) is 5.10 Å². The van der Waals surface area contributed by atoms with E-state index in [1.54, 1.807) is 30.5 Å². The molecule has 1 aliphatic heterocycles. The van der Waals surface area contributed by atoms with Crippen molar-refractivity contribution in [3.63, 3.8) is 0 Å². The number of hydrogen-bond donors (Lipinski definition) is 1. The minimum absolute atomic E-state index is 0.186. The smallest absolute Gasteiger partial charge is 0.272 e. The van der Waals surface area contributed by atoms with Gasteiger partial charge in [0, 0.05) is 22.2 Å². The van der Waals surface area contributed by atoms with E-state index in [-0.39, 0.29) is 28.3 Å². The first-order valence-electron chi connectivity index (χ1n) is 13.4. The Morgan fingerprint density at radius 1 is 0.857 bits per heavy atom. The average Bonchev–Trinajstić information content (AvgIpc) is 3.25. The molecular formula is C33H22Cl3N3O3. The number of carbonyl (C=O) groups excluding carboxylic acids is 3. The molecule has 1 saturated heterocycles. The fourth-order valence-corrected chi connectivity index (χ4v) is 7.62. The Morgan fingerprint density at radius 3 is 2.17 bits per heavy atom. The monoisotopic (exact) mass is 613 g/mol. The van der Waals surface area contributed by atoms with E-state index in [9.17, 15) is 14.4 Å². The van der Waals surface area contributed by atoms with Crippen molar-refractivity contribution >= 4 is 64.4 Å². The molecule has 2 bridgehead atoms. The van der Waals surface area contributed by atoms with Crippen LogP contribution in [0.2, 0.25) is 15.1 Å². The molecule has 8 rings (SSSR count). The Balaban J connectivity index is 1.39. The number of aryl methyl sites for hydroxylation is 1. The summed E-state index contributed by atoms with van der Waals surface area (Å²) in [4.78, 5) is 43.0. The van der Waals surface area contributed by atoms with Gasteiger partial charge in [0.05, 0.1) is 33.5 Å². The Bertz CT molecular complexity index is 1820. The highest BCUT2D eigenvalue weighted by Gasteiger charge is 2.68. The molecule has 0 saturated carbocycles. The van der Waals surface area contributed by atoms with Crippen LogP contribution in [0, 0.1) is 18.8 Å². The van der Waals surface area contributed by atoms with Crippen molar-refractivity contribution in [3.8, 4) is 0 Å². The second-order valence-electron chi connectivity index (χ2n) is 10.8. The van der Waals surface area contributed by atoms with Gasteiger partial charge in [0.25, 0.3) is 5.91 Å². The van der Waals surface area contributed by atoms with Crippen molar-refractivity contribution < 1.29 is 14.4 Å². The number of hydrogen-bond acceptors (Lipinski definition) is 4. The lowest BCUT2D eigenvalue weighted by molar-refractivity contribution is -0.122. The van der Waals surface area contributed by atoms with Crippen LogP contribution in [0.5, 0.6) is 0 Å². The molecule has 6 nitrogen and oxygen atoms in total. The summed E-state index contributed by atoms with van der Waals surface area (Å²) in [6, 6.07) is 25.4. The van der Waals surface area contributed by atoms with E-state index >= 15 is 0 Å². The zero-order valence-electron chi connectivity index (χ0n) is 22.1. The first kappa shape index (κ1) is 26.9. The molecule has 4 aromatic carbocycles. The quantitative estimate of drug-likeness (QED) is 0.154. The van der Waals surface area contributed by atoms with Gasteiger partial charge >= 0.3 is 0 Å². The molecule has 1 fully saturated rings. The largest absolute Gasteiger partial charge is 0.274 e. The molecule has 208 valence electrons. The van der Waals surface area contributed by atoms with Gasteiger partial charge in [0.1, 0.15) is 0 Å². The summed E-state index contributed by atoms with van der Waals surface area (Å²) >= 11 is 18.7. The van der Waals surface area contributed by atoms with Crippen LogP contribution in [0.4, 0.5) is 5.69 Å². The summed E-state index contributed by atoms with van der Waals surface area (Å²) in [5, 5.41) is 5.48. The maximum absolute atomic E-state index is 14.4. The van der Waals surface area contributed by atoms with E-state index in [0.717, 1.165) is 27.8 Å². The number of rotatable bonds is 4. The van der Waals surface area contributed by atoms with Crippen LogP contribution in [-0.2, 0) is 15.0 Å². The van der Waals surface area contributed by atoms with Crippen molar-refractivity contribution in [2.75, 3.05) is 4.90 Å². The number of hydrazone groups is 1. The number of nitrogens with zero attached hydrogens (tertiary/aromatic N) is 2. The van der Waals surface area contributed by atoms with Gasteiger partial charge in [-0.05, 0) is 65.1 Å². The fraction of sp³-hybridized carbons (Fsp3) is 0.152. The summed E-state index contributed by atoms with van der Waals surface area (Å²) in [5.74, 6) is -2.93. The standard InChI is InChI=1S/C33H22Cl3N3O3/c1-17-10-12-19(15-25(17)35)39-31(41)28-27-20-6-2-4-8-23(20)33(29(28)32(39)42,24-9-5-3-7-21(24)27)16-37-38-30(40)22-13-11-18(34)14-26(22)36/h2-16,27-29H,1H3,(H,38,40)/b37-16-/t27?,28-,29+,33?/m1/s1.